The molecule has 3 atom stereocenters. The summed E-state index contributed by atoms with van der Waals surface area (Å²) in [4.78, 5) is 27.6. The van der Waals surface area contributed by atoms with Crippen LogP contribution in [0.5, 0.6) is 0 Å². The van der Waals surface area contributed by atoms with Gasteiger partial charge in [0.2, 0.25) is 5.91 Å². The minimum Gasteiger partial charge on any atom is -0.396 e. The third kappa shape index (κ3) is 4.78. The van der Waals surface area contributed by atoms with Gasteiger partial charge in [0.05, 0.1) is 18.2 Å². The highest BCUT2D eigenvalue weighted by atomic mass is 16.3. The Bertz CT molecular complexity index is 1050. The maximum atomic E-state index is 13.5. The van der Waals surface area contributed by atoms with Crippen LogP contribution in [-0.2, 0) is 21.7 Å². The minimum absolute atomic E-state index is 0.0155. The van der Waals surface area contributed by atoms with Gasteiger partial charge >= 0.3 is 0 Å². The number of carbonyl (C=O) groups excluding carboxylic acids is 2. The zero-order valence-corrected chi connectivity index (χ0v) is 19.5. The molecule has 0 aromatic heterocycles. The topological polar surface area (TPSA) is 102 Å². The van der Waals surface area contributed by atoms with Crippen LogP contribution in [0, 0.1) is 11.8 Å². The molecule has 4 rings (SSSR count). The Balaban J connectivity index is 1.49. The molecule has 1 unspecified atom stereocenters. The van der Waals surface area contributed by atoms with Gasteiger partial charge in [-0.1, -0.05) is 49.4 Å². The van der Waals surface area contributed by atoms with E-state index in [-0.39, 0.29) is 24.3 Å². The van der Waals surface area contributed by atoms with Crippen molar-refractivity contribution in [2.24, 2.45) is 11.8 Å². The summed E-state index contributed by atoms with van der Waals surface area (Å²) in [5, 5.41) is 26.8. The van der Waals surface area contributed by atoms with E-state index in [2.05, 4.69) is 10.6 Å². The van der Waals surface area contributed by atoms with Crippen molar-refractivity contribution in [2.45, 2.75) is 38.3 Å². The Morgan fingerprint density at radius 3 is 2.74 bits per heavy atom. The van der Waals surface area contributed by atoms with Crippen LogP contribution in [0.2, 0.25) is 0 Å². The average molecular weight is 464 g/mol. The lowest BCUT2D eigenvalue weighted by molar-refractivity contribution is -0.139. The second-order valence-corrected chi connectivity index (χ2v) is 9.13. The van der Waals surface area contributed by atoms with Gasteiger partial charge in [-0.2, -0.15) is 0 Å². The Hall–Kier alpha value is -3.00. The molecule has 0 bridgehead atoms. The van der Waals surface area contributed by atoms with Crippen molar-refractivity contribution < 1.29 is 19.8 Å². The summed E-state index contributed by atoms with van der Waals surface area (Å²) in [7, 11) is 0. The zero-order valence-electron chi connectivity index (χ0n) is 19.5. The predicted octanol–water partition coefficient (Wildman–Crippen LogP) is 2.93. The molecular weight excluding hydrogens is 430 g/mol. The third-order valence-electron chi connectivity index (χ3n) is 6.79. The maximum Gasteiger partial charge on any atom is 0.264 e. The molecule has 7 heteroatoms. The summed E-state index contributed by atoms with van der Waals surface area (Å²) in [6.45, 7) is 3.81. The Morgan fingerprint density at radius 1 is 1.26 bits per heavy atom. The number of rotatable bonds is 8. The fourth-order valence-corrected chi connectivity index (χ4v) is 4.77. The molecule has 34 heavy (non-hydrogen) atoms. The number of aliphatic hydroxyl groups excluding tert-OH is 1. The summed E-state index contributed by atoms with van der Waals surface area (Å²) in [5.74, 6) is -0.809. The molecular formula is C27H33N3O4. The molecule has 0 saturated carbocycles. The number of hydrogen-bond acceptors (Lipinski definition) is 5. The molecule has 7 nitrogen and oxygen atoms in total. The smallest absolute Gasteiger partial charge is 0.264 e. The fourth-order valence-electron chi connectivity index (χ4n) is 4.77. The number of amides is 2. The minimum atomic E-state index is -1.66. The molecule has 0 radical (unpaired) electrons. The molecule has 180 valence electrons. The summed E-state index contributed by atoms with van der Waals surface area (Å²) in [6.07, 6.45) is 5.94. The summed E-state index contributed by atoms with van der Waals surface area (Å²) >= 11 is 0. The van der Waals surface area contributed by atoms with Gasteiger partial charge in [0.25, 0.3) is 5.91 Å². The lowest BCUT2D eigenvalue weighted by atomic mass is 9.83. The first-order chi connectivity index (χ1) is 16.4. The highest BCUT2D eigenvalue weighted by molar-refractivity contribution is 6.07. The number of anilines is 2. The van der Waals surface area contributed by atoms with E-state index >= 15 is 0 Å². The van der Waals surface area contributed by atoms with E-state index in [9.17, 15) is 14.7 Å². The number of benzene rings is 2. The van der Waals surface area contributed by atoms with Crippen molar-refractivity contribution in [3.05, 3.63) is 71.8 Å². The number of nitrogens with zero attached hydrogens (tertiary/aromatic N) is 1. The molecule has 2 amide bonds. The number of piperidine rings is 1. The van der Waals surface area contributed by atoms with Gasteiger partial charge in [0, 0.05) is 30.3 Å². The number of nitrogens with one attached hydrogen (secondary N) is 2. The van der Waals surface area contributed by atoms with Gasteiger partial charge < -0.3 is 25.7 Å². The molecule has 0 aliphatic carbocycles. The molecule has 2 aliphatic rings. The third-order valence-corrected chi connectivity index (χ3v) is 6.79. The Labute approximate surface area is 200 Å². The molecule has 2 aromatic rings. The van der Waals surface area contributed by atoms with E-state index in [0.29, 0.717) is 30.8 Å². The van der Waals surface area contributed by atoms with Crippen molar-refractivity contribution in [1.29, 1.82) is 0 Å². The zero-order chi connectivity index (χ0) is 24.1. The molecule has 0 spiro atoms. The van der Waals surface area contributed by atoms with Crippen molar-refractivity contribution in [2.75, 3.05) is 29.9 Å². The van der Waals surface area contributed by atoms with E-state index in [4.69, 9.17) is 5.11 Å². The van der Waals surface area contributed by atoms with Gasteiger partial charge in [0.1, 0.15) is 0 Å². The molecule has 2 aliphatic heterocycles. The van der Waals surface area contributed by atoms with Crippen LogP contribution < -0.4 is 15.5 Å². The largest absolute Gasteiger partial charge is 0.396 e. The first-order valence-corrected chi connectivity index (χ1v) is 12.0. The highest BCUT2D eigenvalue weighted by Crippen LogP contribution is 2.45. The van der Waals surface area contributed by atoms with Crippen LogP contribution in [-0.4, -0.2) is 41.7 Å². The molecule has 1 fully saturated rings. The molecule has 2 heterocycles. The quantitative estimate of drug-likeness (QED) is 0.451. The monoisotopic (exact) mass is 463 g/mol. The van der Waals surface area contributed by atoms with E-state index in [1.54, 1.807) is 23.1 Å². The molecule has 1 saturated heterocycles. The number of para-hydroxylation sites is 1. The summed E-state index contributed by atoms with van der Waals surface area (Å²) < 4.78 is 0. The van der Waals surface area contributed by atoms with Crippen LogP contribution in [0.4, 0.5) is 11.4 Å². The van der Waals surface area contributed by atoms with Gasteiger partial charge in [0.15, 0.2) is 5.60 Å². The number of aliphatic hydroxyl groups is 2. The van der Waals surface area contributed by atoms with Crippen LogP contribution in [0.15, 0.2) is 60.7 Å². The highest BCUT2D eigenvalue weighted by Gasteiger charge is 2.52. The van der Waals surface area contributed by atoms with Gasteiger partial charge in [-0.25, -0.2) is 0 Å². The van der Waals surface area contributed by atoms with Crippen molar-refractivity contribution in [1.82, 2.24) is 5.32 Å². The summed E-state index contributed by atoms with van der Waals surface area (Å²) in [5.41, 5.74) is 1.25. The van der Waals surface area contributed by atoms with Crippen LogP contribution in [0.1, 0.15) is 37.3 Å². The van der Waals surface area contributed by atoms with Crippen LogP contribution >= 0.6 is 0 Å². The van der Waals surface area contributed by atoms with Crippen molar-refractivity contribution in [3.8, 4) is 0 Å². The molecule has 2 aromatic carbocycles. The van der Waals surface area contributed by atoms with Gasteiger partial charge in [-0.3, -0.25) is 9.59 Å². The number of fused-ring (bicyclic) bond motifs is 1. The second-order valence-electron chi connectivity index (χ2n) is 9.13. The lowest BCUT2D eigenvalue weighted by Gasteiger charge is -2.27. The van der Waals surface area contributed by atoms with E-state index in [1.807, 2.05) is 49.4 Å². The predicted molar refractivity (Wildman–Crippen MR) is 132 cm³/mol. The first kappa shape index (κ1) is 24.1. The number of hydrogen-bond donors (Lipinski definition) is 4. The Kier molecular flexibility index (Phi) is 7.46. The molecule has 4 N–H and O–H groups in total. The van der Waals surface area contributed by atoms with E-state index in [0.717, 1.165) is 30.6 Å². The Morgan fingerprint density at radius 2 is 2.03 bits per heavy atom. The van der Waals surface area contributed by atoms with Crippen LogP contribution in [0.25, 0.3) is 0 Å². The van der Waals surface area contributed by atoms with Gasteiger partial charge in [-0.05, 0) is 49.6 Å². The van der Waals surface area contributed by atoms with Crippen molar-refractivity contribution >= 4 is 23.2 Å². The SMILES string of the molecule is C[C@@H](/C=C/CCO)[C@]1(O)C(=O)N(Cc2ccc(NC(=O)C3CCCNC3)cc2)c2ccccc21. The van der Waals surface area contributed by atoms with Gasteiger partial charge in [-0.15, -0.1) is 0 Å². The fraction of sp³-hybridized carbons (Fsp3) is 0.407. The van der Waals surface area contributed by atoms with Crippen molar-refractivity contribution in [3.63, 3.8) is 0 Å². The second kappa shape index (κ2) is 10.5. The summed E-state index contributed by atoms with van der Waals surface area (Å²) in [6, 6.07) is 14.8. The lowest BCUT2D eigenvalue weighted by Crippen LogP contribution is -2.44. The normalized spacial score (nSPS) is 23.2. The average Bonchev–Trinajstić information content (AvgIpc) is 3.08. The standard InChI is InChI=1S/C27H33N3O4/c1-19(7-4-5-16-31)27(34)23-9-2-3-10-24(23)30(26(27)33)18-20-11-13-22(14-12-20)29-25(32)21-8-6-15-28-17-21/h2-4,7,9-14,19,21,28,31,34H,5-6,8,15-18H2,1H3,(H,29,32)/b7-4+/t19-,21?,27+/m0/s1. The van der Waals surface area contributed by atoms with E-state index in [1.165, 1.54) is 0 Å². The number of carbonyl (C=O) groups is 2. The maximum absolute atomic E-state index is 13.5. The van der Waals surface area contributed by atoms with Crippen LogP contribution in [0.3, 0.4) is 0 Å². The first-order valence-electron chi connectivity index (χ1n) is 12.0. The van der Waals surface area contributed by atoms with E-state index < -0.39 is 11.5 Å².